The van der Waals surface area contributed by atoms with Gasteiger partial charge in [0.2, 0.25) is 5.91 Å². The Labute approximate surface area is 151 Å². The maximum absolute atomic E-state index is 12.9. The van der Waals surface area contributed by atoms with Gasteiger partial charge in [-0.05, 0) is 30.9 Å². The number of ether oxygens (including phenoxy) is 1. The van der Waals surface area contributed by atoms with Gasteiger partial charge >= 0.3 is 6.18 Å². The molecule has 0 bridgehead atoms. The highest BCUT2D eigenvalue weighted by Crippen LogP contribution is 2.30. The first-order valence-corrected chi connectivity index (χ1v) is 9.10. The Bertz CT molecular complexity index is 627. The zero-order chi connectivity index (χ0) is 18.7. The lowest BCUT2D eigenvalue weighted by Gasteiger charge is -2.42. The quantitative estimate of drug-likeness (QED) is 0.820. The van der Waals surface area contributed by atoms with Crippen LogP contribution in [0.15, 0.2) is 24.3 Å². The largest absolute Gasteiger partial charge is 0.416 e. The number of hydrogen-bond donors (Lipinski definition) is 0. The first kappa shape index (κ1) is 19.2. The SMILES string of the molecule is CC(=O)N1CCC(N2CCO[C@H](Cc3cccc(C(F)(F)F)c3)C2)CC1. The van der Waals surface area contributed by atoms with Crippen molar-refractivity contribution < 1.29 is 22.7 Å². The molecule has 0 aromatic heterocycles. The number of carbonyl (C=O) groups excluding carboxylic acids is 1. The van der Waals surface area contributed by atoms with Gasteiger partial charge in [-0.15, -0.1) is 0 Å². The molecule has 0 aliphatic carbocycles. The predicted molar refractivity (Wildman–Crippen MR) is 91.7 cm³/mol. The summed E-state index contributed by atoms with van der Waals surface area (Å²) in [5.41, 5.74) is 0.0392. The maximum atomic E-state index is 12.9. The molecule has 0 N–H and O–H groups in total. The number of halogens is 3. The molecule has 1 amide bonds. The molecule has 0 spiro atoms. The highest BCUT2D eigenvalue weighted by Gasteiger charge is 2.32. The van der Waals surface area contributed by atoms with Crippen molar-refractivity contribution in [1.29, 1.82) is 0 Å². The third-order valence-corrected chi connectivity index (χ3v) is 5.31. The summed E-state index contributed by atoms with van der Waals surface area (Å²) in [5, 5.41) is 0. The van der Waals surface area contributed by atoms with E-state index in [4.69, 9.17) is 4.74 Å². The summed E-state index contributed by atoms with van der Waals surface area (Å²) >= 11 is 0. The van der Waals surface area contributed by atoms with Gasteiger partial charge in [0.25, 0.3) is 0 Å². The molecule has 2 heterocycles. The molecule has 1 atom stereocenters. The lowest BCUT2D eigenvalue weighted by atomic mass is 9.99. The predicted octanol–water partition coefficient (Wildman–Crippen LogP) is 2.96. The average Bonchev–Trinajstić information content (AvgIpc) is 2.61. The molecule has 2 saturated heterocycles. The minimum atomic E-state index is -4.32. The summed E-state index contributed by atoms with van der Waals surface area (Å²) in [5.74, 6) is 0.118. The number of benzene rings is 1. The Balaban J connectivity index is 1.57. The van der Waals surface area contributed by atoms with Gasteiger partial charge in [-0.2, -0.15) is 13.2 Å². The lowest BCUT2D eigenvalue weighted by molar-refractivity contribution is -0.137. The van der Waals surface area contributed by atoms with Gasteiger partial charge in [0.15, 0.2) is 0 Å². The van der Waals surface area contributed by atoms with E-state index in [1.54, 1.807) is 13.0 Å². The van der Waals surface area contributed by atoms with Crippen LogP contribution in [0.4, 0.5) is 13.2 Å². The van der Waals surface area contributed by atoms with Crippen molar-refractivity contribution >= 4 is 5.91 Å². The lowest BCUT2D eigenvalue weighted by Crippen LogP contribution is -2.52. The van der Waals surface area contributed by atoms with E-state index in [0.717, 1.165) is 45.1 Å². The molecular formula is C19H25F3N2O2. The zero-order valence-corrected chi connectivity index (χ0v) is 15.0. The Hall–Kier alpha value is -1.60. The second kappa shape index (κ2) is 7.96. The van der Waals surface area contributed by atoms with Crippen molar-refractivity contribution in [2.75, 3.05) is 32.8 Å². The standard InChI is InChI=1S/C19H25F3N2O2/c1-14(25)23-7-5-17(6-8-23)24-9-10-26-18(13-24)12-15-3-2-4-16(11-15)19(20,21)22/h2-4,11,17-18H,5-10,12-13H2,1H3/t18-/m1/s1. The molecule has 0 saturated carbocycles. The molecule has 2 aliphatic rings. The van der Waals surface area contributed by atoms with Crippen molar-refractivity contribution in [2.24, 2.45) is 0 Å². The molecule has 0 radical (unpaired) electrons. The van der Waals surface area contributed by atoms with Crippen molar-refractivity contribution in [3.63, 3.8) is 0 Å². The second-order valence-corrected chi connectivity index (χ2v) is 7.13. The van der Waals surface area contributed by atoms with Crippen LogP contribution in [-0.2, 0) is 22.1 Å². The number of likely N-dealkylation sites (tertiary alicyclic amines) is 1. The highest BCUT2D eigenvalue weighted by molar-refractivity contribution is 5.73. The normalized spacial score (nSPS) is 23.2. The Morgan fingerprint density at radius 2 is 1.96 bits per heavy atom. The molecule has 4 nitrogen and oxygen atoms in total. The first-order valence-electron chi connectivity index (χ1n) is 9.10. The number of carbonyl (C=O) groups is 1. The number of amides is 1. The smallest absolute Gasteiger partial charge is 0.375 e. The summed E-state index contributed by atoms with van der Waals surface area (Å²) in [6, 6.07) is 5.91. The van der Waals surface area contributed by atoms with Crippen LogP contribution in [0.5, 0.6) is 0 Å². The van der Waals surface area contributed by atoms with E-state index in [1.807, 2.05) is 4.90 Å². The summed E-state index contributed by atoms with van der Waals surface area (Å²) in [7, 11) is 0. The monoisotopic (exact) mass is 370 g/mol. The zero-order valence-electron chi connectivity index (χ0n) is 15.0. The van der Waals surface area contributed by atoms with Crippen molar-refractivity contribution in [2.45, 2.75) is 44.5 Å². The van der Waals surface area contributed by atoms with E-state index in [-0.39, 0.29) is 12.0 Å². The molecule has 0 unspecified atom stereocenters. The van der Waals surface area contributed by atoms with Crippen LogP contribution in [0.1, 0.15) is 30.9 Å². The molecule has 1 aromatic rings. The molecule has 1 aromatic carbocycles. The van der Waals surface area contributed by atoms with Gasteiger partial charge in [-0.3, -0.25) is 9.69 Å². The molecule has 2 aliphatic heterocycles. The number of rotatable bonds is 3. The molecule has 26 heavy (non-hydrogen) atoms. The van der Waals surface area contributed by atoms with Crippen LogP contribution in [-0.4, -0.2) is 60.6 Å². The minimum Gasteiger partial charge on any atom is -0.375 e. The third kappa shape index (κ3) is 4.76. The summed E-state index contributed by atoms with van der Waals surface area (Å²) < 4.78 is 44.4. The van der Waals surface area contributed by atoms with E-state index in [9.17, 15) is 18.0 Å². The summed E-state index contributed by atoms with van der Waals surface area (Å²) in [6.07, 6.45) is -2.06. The van der Waals surface area contributed by atoms with Crippen LogP contribution >= 0.6 is 0 Å². The fourth-order valence-corrected chi connectivity index (χ4v) is 3.88. The van der Waals surface area contributed by atoms with E-state index in [2.05, 4.69) is 4.90 Å². The van der Waals surface area contributed by atoms with Gasteiger partial charge in [0.05, 0.1) is 18.3 Å². The van der Waals surface area contributed by atoms with Gasteiger partial charge in [-0.1, -0.05) is 18.2 Å². The number of hydrogen-bond acceptors (Lipinski definition) is 3. The number of alkyl halides is 3. The van der Waals surface area contributed by atoms with Crippen molar-refractivity contribution in [1.82, 2.24) is 9.80 Å². The first-order chi connectivity index (χ1) is 12.3. The Morgan fingerprint density at radius 1 is 1.23 bits per heavy atom. The van der Waals surface area contributed by atoms with Gasteiger partial charge < -0.3 is 9.64 Å². The van der Waals surface area contributed by atoms with E-state index >= 15 is 0 Å². The highest BCUT2D eigenvalue weighted by atomic mass is 19.4. The van der Waals surface area contributed by atoms with Gasteiger partial charge in [-0.25, -0.2) is 0 Å². The summed E-state index contributed by atoms with van der Waals surface area (Å²) in [4.78, 5) is 15.7. The fraction of sp³-hybridized carbons (Fsp3) is 0.632. The molecule has 2 fully saturated rings. The molecule has 3 rings (SSSR count). The Morgan fingerprint density at radius 3 is 2.62 bits per heavy atom. The van der Waals surface area contributed by atoms with Crippen molar-refractivity contribution in [3.8, 4) is 0 Å². The fourth-order valence-electron chi connectivity index (χ4n) is 3.88. The van der Waals surface area contributed by atoms with Crippen LogP contribution in [0.2, 0.25) is 0 Å². The number of piperidine rings is 1. The number of morpholine rings is 1. The van der Waals surface area contributed by atoms with Gasteiger partial charge in [0, 0.05) is 39.1 Å². The van der Waals surface area contributed by atoms with E-state index in [0.29, 0.717) is 24.6 Å². The number of nitrogens with zero attached hydrogens (tertiary/aromatic N) is 2. The third-order valence-electron chi connectivity index (χ3n) is 5.31. The molecule has 7 heteroatoms. The topological polar surface area (TPSA) is 32.8 Å². The molecule has 144 valence electrons. The minimum absolute atomic E-state index is 0.0990. The molecular weight excluding hydrogens is 345 g/mol. The van der Waals surface area contributed by atoms with Crippen LogP contribution in [0.25, 0.3) is 0 Å². The van der Waals surface area contributed by atoms with Crippen LogP contribution in [0.3, 0.4) is 0 Å². The Kier molecular flexibility index (Phi) is 5.87. The summed E-state index contributed by atoms with van der Waals surface area (Å²) in [6.45, 7) is 5.30. The second-order valence-electron chi connectivity index (χ2n) is 7.13. The maximum Gasteiger partial charge on any atom is 0.416 e. The van der Waals surface area contributed by atoms with Crippen LogP contribution in [0, 0.1) is 0 Å². The van der Waals surface area contributed by atoms with Crippen LogP contribution < -0.4 is 0 Å². The van der Waals surface area contributed by atoms with Gasteiger partial charge in [0.1, 0.15) is 0 Å². The average molecular weight is 370 g/mol. The van der Waals surface area contributed by atoms with E-state index in [1.165, 1.54) is 12.1 Å². The van der Waals surface area contributed by atoms with Crippen molar-refractivity contribution in [3.05, 3.63) is 35.4 Å². The van der Waals surface area contributed by atoms with E-state index < -0.39 is 11.7 Å².